The number of aryl methyl sites for hydroxylation is 2. The van der Waals surface area contributed by atoms with Crippen LogP contribution in [0, 0.1) is 13.8 Å². The number of fused-ring (bicyclic) bond motifs is 1. The third-order valence-corrected chi connectivity index (χ3v) is 5.53. The van der Waals surface area contributed by atoms with Crippen molar-refractivity contribution >= 4 is 11.3 Å². The van der Waals surface area contributed by atoms with Crippen LogP contribution in [0.25, 0.3) is 0 Å². The van der Waals surface area contributed by atoms with Gasteiger partial charge in [-0.25, -0.2) is 0 Å². The van der Waals surface area contributed by atoms with Crippen molar-refractivity contribution in [3.63, 3.8) is 0 Å². The fourth-order valence-corrected chi connectivity index (χ4v) is 4.24. The van der Waals surface area contributed by atoms with Gasteiger partial charge in [-0.2, -0.15) is 0 Å². The molecule has 19 heavy (non-hydrogen) atoms. The maximum atomic E-state index is 6.62. The molecule has 100 valence electrons. The molecule has 2 atom stereocenters. The van der Waals surface area contributed by atoms with Crippen LogP contribution in [0.1, 0.15) is 51.9 Å². The standard InChI is InChI=1S/C17H21NS/c1-11-5-3-6-13(12(11)2)17(18)15-7-4-8-16-14(15)9-10-19-16/h3,5-6,9-10,15,17H,4,7-8,18H2,1-2H3. The van der Waals surface area contributed by atoms with Gasteiger partial charge in [-0.05, 0) is 66.8 Å². The highest BCUT2D eigenvalue weighted by Gasteiger charge is 2.28. The Morgan fingerprint density at radius 3 is 2.95 bits per heavy atom. The lowest BCUT2D eigenvalue weighted by Gasteiger charge is -2.29. The Kier molecular flexibility index (Phi) is 3.46. The van der Waals surface area contributed by atoms with E-state index in [-0.39, 0.29) is 6.04 Å². The molecule has 3 rings (SSSR count). The predicted octanol–water partition coefficient (Wildman–Crippen LogP) is 4.48. The molecule has 0 radical (unpaired) electrons. The molecule has 0 aliphatic heterocycles. The molecule has 2 N–H and O–H groups in total. The Balaban J connectivity index is 1.98. The second-order valence-electron chi connectivity index (χ2n) is 5.61. The molecule has 0 spiro atoms. The minimum absolute atomic E-state index is 0.133. The molecule has 0 bridgehead atoms. The lowest BCUT2D eigenvalue weighted by molar-refractivity contribution is 0.477. The molecule has 2 aromatic rings. The minimum atomic E-state index is 0.133. The normalized spacial score (nSPS) is 20.1. The number of hydrogen-bond acceptors (Lipinski definition) is 2. The van der Waals surface area contributed by atoms with E-state index in [4.69, 9.17) is 5.73 Å². The van der Waals surface area contributed by atoms with Crippen LogP contribution in [-0.4, -0.2) is 0 Å². The van der Waals surface area contributed by atoms with E-state index in [1.54, 1.807) is 4.88 Å². The Labute approximate surface area is 119 Å². The van der Waals surface area contributed by atoms with Gasteiger partial charge in [-0.15, -0.1) is 11.3 Å². The highest BCUT2D eigenvalue weighted by molar-refractivity contribution is 7.10. The molecular weight excluding hydrogens is 250 g/mol. The van der Waals surface area contributed by atoms with E-state index in [0.717, 1.165) is 0 Å². The number of nitrogens with two attached hydrogens (primary N) is 1. The summed E-state index contributed by atoms with van der Waals surface area (Å²) < 4.78 is 0. The molecule has 0 saturated carbocycles. The fourth-order valence-electron chi connectivity index (χ4n) is 3.25. The molecule has 1 aromatic heterocycles. The minimum Gasteiger partial charge on any atom is -0.323 e. The quantitative estimate of drug-likeness (QED) is 0.856. The van der Waals surface area contributed by atoms with Gasteiger partial charge in [0.25, 0.3) is 0 Å². The third-order valence-electron chi connectivity index (χ3n) is 4.54. The van der Waals surface area contributed by atoms with Crippen LogP contribution >= 0.6 is 11.3 Å². The zero-order chi connectivity index (χ0) is 13.4. The van der Waals surface area contributed by atoms with Crippen LogP contribution in [0.4, 0.5) is 0 Å². The van der Waals surface area contributed by atoms with Gasteiger partial charge in [0.05, 0.1) is 0 Å². The topological polar surface area (TPSA) is 26.0 Å². The van der Waals surface area contributed by atoms with Crippen LogP contribution in [0.3, 0.4) is 0 Å². The van der Waals surface area contributed by atoms with Crippen molar-refractivity contribution in [1.29, 1.82) is 0 Å². The predicted molar refractivity (Wildman–Crippen MR) is 82.8 cm³/mol. The highest BCUT2D eigenvalue weighted by Crippen LogP contribution is 2.42. The van der Waals surface area contributed by atoms with E-state index in [1.165, 1.54) is 41.5 Å². The first-order valence-electron chi connectivity index (χ1n) is 7.06. The summed E-state index contributed by atoms with van der Waals surface area (Å²) in [7, 11) is 0. The fraction of sp³-hybridized carbons (Fsp3) is 0.412. The molecular formula is C17H21NS. The van der Waals surface area contributed by atoms with Gasteiger partial charge < -0.3 is 5.73 Å². The molecule has 0 amide bonds. The summed E-state index contributed by atoms with van der Waals surface area (Å²) >= 11 is 1.89. The Hall–Kier alpha value is -1.12. The van der Waals surface area contributed by atoms with Crippen LogP contribution < -0.4 is 5.73 Å². The van der Waals surface area contributed by atoms with Crippen molar-refractivity contribution in [2.45, 2.75) is 45.1 Å². The largest absolute Gasteiger partial charge is 0.323 e. The lowest BCUT2D eigenvalue weighted by atomic mass is 9.79. The smallest absolute Gasteiger partial charge is 0.0367 e. The molecule has 0 fully saturated rings. The van der Waals surface area contributed by atoms with E-state index in [1.807, 2.05) is 11.3 Å². The number of rotatable bonds is 2. The second-order valence-corrected chi connectivity index (χ2v) is 6.61. The zero-order valence-electron chi connectivity index (χ0n) is 11.6. The summed E-state index contributed by atoms with van der Waals surface area (Å²) in [6.45, 7) is 4.37. The van der Waals surface area contributed by atoms with Gasteiger partial charge in [0.15, 0.2) is 0 Å². The van der Waals surface area contributed by atoms with Crippen LogP contribution in [0.15, 0.2) is 29.6 Å². The number of thiophene rings is 1. The highest BCUT2D eigenvalue weighted by atomic mass is 32.1. The molecule has 1 aliphatic carbocycles. The average molecular weight is 271 g/mol. The second kappa shape index (κ2) is 5.10. The molecule has 1 heterocycles. The number of benzene rings is 1. The van der Waals surface area contributed by atoms with E-state index >= 15 is 0 Å². The van der Waals surface area contributed by atoms with Crippen LogP contribution in [0.5, 0.6) is 0 Å². The maximum absolute atomic E-state index is 6.62. The first-order chi connectivity index (χ1) is 9.18. The van der Waals surface area contributed by atoms with E-state index in [2.05, 4.69) is 43.5 Å². The summed E-state index contributed by atoms with van der Waals surface area (Å²) in [5.74, 6) is 0.496. The van der Waals surface area contributed by atoms with Crippen molar-refractivity contribution in [2.75, 3.05) is 0 Å². The molecule has 2 heteroatoms. The first kappa shape index (κ1) is 12.9. The molecule has 1 nitrogen and oxygen atoms in total. The summed E-state index contributed by atoms with van der Waals surface area (Å²) in [6.07, 6.45) is 3.73. The van der Waals surface area contributed by atoms with Crippen molar-refractivity contribution in [3.05, 3.63) is 56.8 Å². The monoisotopic (exact) mass is 271 g/mol. The van der Waals surface area contributed by atoms with Gasteiger partial charge >= 0.3 is 0 Å². The van der Waals surface area contributed by atoms with Crippen molar-refractivity contribution < 1.29 is 0 Å². The van der Waals surface area contributed by atoms with Gasteiger partial charge in [0, 0.05) is 16.8 Å². The van der Waals surface area contributed by atoms with Crippen LogP contribution in [0.2, 0.25) is 0 Å². The van der Waals surface area contributed by atoms with E-state index < -0.39 is 0 Å². The molecule has 1 aliphatic rings. The Morgan fingerprint density at radius 1 is 1.26 bits per heavy atom. The van der Waals surface area contributed by atoms with Gasteiger partial charge in [0.2, 0.25) is 0 Å². The number of hydrogen-bond donors (Lipinski definition) is 1. The summed E-state index contributed by atoms with van der Waals surface area (Å²) in [4.78, 5) is 1.55. The zero-order valence-corrected chi connectivity index (χ0v) is 12.5. The Bertz CT molecular complexity index is 585. The van der Waals surface area contributed by atoms with Crippen molar-refractivity contribution in [1.82, 2.24) is 0 Å². The van der Waals surface area contributed by atoms with Gasteiger partial charge in [-0.1, -0.05) is 18.2 Å². The van der Waals surface area contributed by atoms with Gasteiger partial charge in [0.1, 0.15) is 0 Å². The third kappa shape index (κ3) is 2.24. The average Bonchev–Trinajstić information content (AvgIpc) is 2.89. The molecule has 0 saturated heterocycles. The Morgan fingerprint density at radius 2 is 2.11 bits per heavy atom. The summed E-state index contributed by atoms with van der Waals surface area (Å²) in [5, 5.41) is 2.22. The molecule has 2 unspecified atom stereocenters. The van der Waals surface area contributed by atoms with E-state index in [0.29, 0.717) is 5.92 Å². The van der Waals surface area contributed by atoms with Crippen LogP contribution in [-0.2, 0) is 6.42 Å². The van der Waals surface area contributed by atoms with Crippen molar-refractivity contribution in [3.8, 4) is 0 Å². The van der Waals surface area contributed by atoms with Crippen molar-refractivity contribution in [2.24, 2.45) is 5.73 Å². The molecule has 1 aromatic carbocycles. The SMILES string of the molecule is Cc1cccc(C(N)C2CCCc3sccc32)c1C. The maximum Gasteiger partial charge on any atom is 0.0367 e. The summed E-state index contributed by atoms with van der Waals surface area (Å²) in [6, 6.07) is 8.92. The van der Waals surface area contributed by atoms with Gasteiger partial charge in [-0.3, -0.25) is 0 Å². The first-order valence-corrected chi connectivity index (χ1v) is 7.94. The summed E-state index contributed by atoms with van der Waals surface area (Å²) in [5.41, 5.74) is 12.1. The van der Waals surface area contributed by atoms with E-state index in [9.17, 15) is 0 Å². The lowest BCUT2D eigenvalue weighted by Crippen LogP contribution is -2.23.